The van der Waals surface area contributed by atoms with Crippen molar-refractivity contribution in [2.75, 3.05) is 13.2 Å². The van der Waals surface area contributed by atoms with Crippen LogP contribution >= 0.6 is 11.6 Å². The summed E-state index contributed by atoms with van der Waals surface area (Å²) < 4.78 is 6.16. The summed E-state index contributed by atoms with van der Waals surface area (Å²) >= 11 is 6.06. The molecule has 8 heteroatoms. The number of fused-ring (bicyclic) bond motifs is 3. The van der Waals surface area contributed by atoms with Gasteiger partial charge < -0.3 is 25.2 Å². The Morgan fingerprint density at radius 1 is 1.14 bits per heavy atom. The first-order chi connectivity index (χ1) is 17.9. The van der Waals surface area contributed by atoms with Crippen LogP contribution in [-0.2, 0) is 16.1 Å². The second-order valence-electron chi connectivity index (χ2n) is 9.36. The lowest BCUT2D eigenvalue weighted by molar-refractivity contribution is -0.138. The summed E-state index contributed by atoms with van der Waals surface area (Å²) in [5.41, 5.74) is 2.09. The molecule has 196 valence electrons. The van der Waals surface area contributed by atoms with E-state index in [4.69, 9.17) is 16.3 Å². The molecule has 0 fully saturated rings. The van der Waals surface area contributed by atoms with E-state index in [-0.39, 0.29) is 31.5 Å². The van der Waals surface area contributed by atoms with E-state index in [9.17, 15) is 19.8 Å². The Balaban J connectivity index is 1.70. The van der Waals surface area contributed by atoms with Gasteiger partial charge in [0, 0.05) is 35.7 Å². The van der Waals surface area contributed by atoms with Crippen LogP contribution in [0.2, 0.25) is 5.02 Å². The molecule has 4 rings (SSSR count). The molecule has 1 aliphatic carbocycles. The molecule has 0 bridgehead atoms. The molecule has 2 amide bonds. The molecule has 37 heavy (non-hydrogen) atoms. The van der Waals surface area contributed by atoms with E-state index in [1.165, 1.54) is 0 Å². The number of hydrogen-bond donors (Lipinski definition) is 3. The zero-order valence-corrected chi connectivity index (χ0v) is 21.4. The van der Waals surface area contributed by atoms with Crippen molar-refractivity contribution < 1.29 is 24.5 Å². The third-order valence-electron chi connectivity index (χ3n) is 6.87. The van der Waals surface area contributed by atoms with Crippen molar-refractivity contribution in [2.24, 2.45) is 0 Å². The average Bonchev–Trinajstić information content (AvgIpc) is 3.30. The molecule has 2 aromatic rings. The Bertz CT molecular complexity index is 1150. The molecular weight excluding hydrogens is 492 g/mol. The van der Waals surface area contributed by atoms with Gasteiger partial charge in [0.25, 0.3) is 0 Å². The Morgan fingerprint density at radius 2 is 1.89 bits per heavy atom. The highest BCUT2D eigenvalue weighted by atomic mass is 35.5. The number of halogens is 1. The van der Waals surface area contributed by atoms with Crippen LogP contribution in [0.15, 0.2) is 72.8 Å². The normalized spacial score (nSPS) is 21.8. The lowest BCUT2D eigenvalue weighted by Crippen LogP contribution is -2.55. The van der Waals surface area contributed by atoms with Gasteiger partial charge in [0.15, 0.2) is 0 Å². The minimum Gasteiger partial charge on any atom is -0.486 e. The molecule has 1 aliphatic heterocycles. The number of carbonyl (C=O) groups is 2. The van der Waals surface area contributed by atoms with Crippen molar-refractivity contribution in [3.8, 4) is 5.75 Å². The zero-order chi connectivity index (χ0) is 26.4. The van der Waals surface area contributed by atoms with E-state index >= 15 is 0 Å². The van der Waals surface area contributed by atoms with E-state index in [0.717, 1.165) is 24.0 Å². The number of nitrogens with one attached hydrogen (secondary N) is 1. The maximum absolute atomic E-state index is 13.5. The van der Waals surface area contributed by atoms with Gasteiger partial charge in [-0.1, -0.05) is 48.0 Å². The molecule has 0 spiro atoms. The third kappa shape index (κ3) is 6.06. The number of rotatable bonds is 11. The minimum atomic E-state index is -1.06. The molecule has 3 N–H and O–H groups in total. The lowest BCUT2D eigenvalue weighted by Gasteiger charge is -2.41. The quantitative estimate of drug-likeness (QED) is 0.307. The van der Waals surface area contributed by atoms with Gasteiger partial charge in [0.1, 0.15) is 18.0 Å². The number of aliphatic hydroxyl groups excluding tert-OH is 2. The number of carbonyl (C=O) groups excluding carboxylic acids is 2. The second-order valence-corrected chi connectivity index (χ2v) is 9.80. The molecule has 0 unspecified atom stereocenters. The van der Waals surface area contributed by atoms with Crippen LogP contribution in [0.4, 0.5) is 0 Å². The summed E-state index contributed by atoms with van der Waals surface area (Å²) in [6.45, 7) is 3.88. The van der Waals surface area contributed by atoms with Crippen molar-refractivity contribution >= 4 is 23.4 Å². The van der Waals surface area contributed by atoms with E-state index < -0.39 is 24.2 Å². The van der Waals surface area contributed by atoms with E-state index in [2.05, 4.69) is 11.9 Å². The first-order valence-electron chi connectivity index (χ1n) is 12.6. The standard InChI is InChI=1S/C29H33ClN2O5/c1-2-3-4-5-10-25(34)32(18-19-11-13-20(30)14-12-19)23-17-22(29(36)31-15-16-33)26-21-8-6-7-9-24(21)37-28(26)27(23)35/h2,6-9,11-14,17,23,26-28,33,35H,1,3-5,10,15-16,18H2,(H,31,36)/t23-,26+,27+,28+/m1/s1. The number of nitrogens with zero attached hydrogens (tertiary/aromatic N) is 1. The van der Waals surface area contributed by atoms with E-state index in [1.54, 1.807) is 23.1 Å². The second kappa shape index (κ2) is 12.4. The zero-order valence-electron chi connectivity index (χ0n) is 20.7. The largest absolute Gasteiger partial charge is 0.486 e. The fourth-order valence-electron chi connectivity index (χ4n) is 5.05. The monoisotopic (exact) mass is 524 g/mol. The molecular formula is C29H33ClN2O5. The lowest BCUT2D eigenvalue weighted by atomic mass is 9.77. The fraction of sp³-hybridized carbons (Fsp3) is 0.379. The number of unbranched alkanes of at least 4 members (excludes halogenated alkanes) is 2. The molecule has 4 atom stereocenters. The smallest absolute Gasteiger partial charge is 0.247 e. The third-order valence-corrected chi connectivity index (χ3v) is 7.12. The van der Waals surface area contributed by atoms with Crippen LogP contribution in [0.25, 0.3) is 0 Å². The number of ether oxygens (including phenoxy) is 1. The minimum absolute atomic E-state index is 0.0972. The summed E-state index contributed by atoms with van der Waals surface area (Å²) in [5, 5.41) is 24.1. The van der Waals surface area contributed by atoms with Crippen LogP contribution in [0.1, 0.15) is 42.7 Å². The highest BCUT2D eigenvalue weighted by molar-refractivity contribution is 6.30. The van der Waals surface area contributed by atoms with Crippen LogP contribution in [0, 0.1) is 0 Å². The van der Waals surface area contributed by atoms with Gasteiger partial charge in [0.2, 0.25) is 11.8 Å². The maximum Gasteiger partial charge on any atom is 0.247 e. The van der Waals surface area contributed by atoms with Gasteiger partial charge in [-0.05, 0) is 49.1 Å². The topological polar surface area (TPSA) is 99.1 Å². The number of amides is 2. The van der Waals surface area contributed by atoms with Crippen molar-refractivity contribution in [1.82, 2.24) is 10.2 Å². The van der Waals surface area contributed by atoms with Crippen molar-refractivity contribution in [3.05, 3.63) is 89.0 Å². The molecule has 1 heterocycles. The van der Waals surface area contributed by atoms with Gasteiger partial charge in [-0.3, -0.25) is 9.59 Å². The van der Waals surface area contributed by atoms with E-state index in [1.807, 2.05) is 42.5 Å². The molecule has 2 aromatic carbocycles. The highest BCUT2D eigenvalue weighted by Gasteiger charge is 2.50. The first kappa shape index (κ1) is 26.9. The van der Waals surface area contributed by atoms with Crippen LogP contribution in [0.3, 0.4) is 0 Å². The van der Waals surface area contributed by atoms with Gasteiger partial charge >= 0.3 is 0 Å². The van der Waals surface area contributed by atoms with Crippen molar-refractivity contribution in [2.45, 2.75) is 56.4 Å². The Morgan fingerprint density at radius 3 is 2.62 bits per heavy atom. The highest BCUT2D eigenvalue weighted by Crippen LogP contribution is 2.47. The number of allylic oxidation sites excluding steroid dienone is 1. The van der Waals surface area contributed by atoms with Crippen molar-refractivity contribution in [1.29, 1.82) is 0 Å². The predicted molar refractivity (Wildman–Crippen MR) is 142 cm³/mol. The Labute approximate surface area is 222 Å². The number of aliphatic hydroxyl groups is 2. The fourth-order valence-corrected chi connectivity index (χ4v) is 5.17. The summed E-state index contributed by atoms with van der Waals surface area (Å²) in [6, 6.07) is 13.8. The molecule has 7 nitrogen and oxygen atoms in total. The summed E-state index contributed by atoms with van der Waals surface area (Å²) in [4.78, 5) is 28.4. The molecule has 0 aromatic heterocycles. The Kier molecular flexibility index (Phi) is 9.03. The van der Waals surface area contributed by atoms with Gasteiger partial charge in [-0.25, -0.2) is 0 Å². The SMILES string of the molecule is C=CCCCCC(=O)N(Cc1ccc(Cl)cc1)[C@@H]1C=C(C(=O)NCCO)[C@@H]2c3ccccc3O[C@@H]2[C@H]1O. The molecule has 0 saturated heterocycles. The number of hydrogen-bond acceptors (Lipinski definition) is 5. The maximum atomic E-state index is 13.5. The molecule has 0 saturated carbocycles. The summed E-state index contributed by atoms with van der Waals surface area (Å²) in [6.07, 6.45) is 4.38. The van der Waals surface area contributed by atoms with Gasteiger partial charge in [-0.2, -0.15) is 0 Å². The number of benzene rings is 2. The summed E-state index contributed by atoms with van der Waals surface area (Å²) in [5.74, 6) is -0.353. The Hall–Kier alpha value is -3.13. The average molecular weight is 525 g/mol. The van der Waals surface area contributed by atoms with E-state index in [0.29, 0.717) is 29.2 Å². The predicted octanol–water partition coefficient (Wildman–Crippen LogP) is 3.74. The molecule has 0 radical (unpaired) electrons. The van der Waals surface area contributed by atoms with Gasteiger partial charge in [0.05, 0.1) is 18.6 Å². The van der Waals surface area contributed by atoms with Gasteiger partial charge in [-0.15, -0.1) is 6.58 Å². The molecule has 2 aliphatic rings. The number of para-hydroxylation sites is 1. The first-order valence-corrected chi connectivity index (χ1v) is 13.0. The van der Waals surface area contributed by atoms with Crippen LogP contribution in [-0.4, -0.2) is 58.3 Å². The van der Waals surface area contributed by atoms with Crippen LogP contribution < -0.4 is 10.1 Å². The van der Waals surface area contributed by atoms with Crippen LogP contribution in [0.5, 0.6) is 5.75 Å². The van der Waals surface area contributed by atoms with Crippen molar-refractivity contribution in [3.63, 3.8) is 0 Å². The summed E-state index contributed by atoms with van der Waals surface area (Å²) in [7, 11) is 0.